The number of fused-ring (bicyclic) bond motifs is 4. The summed E-state index contributed by atoms with van der Waals surface area (Å²) in [5.41, 5.74) is 1.01. The zero-order chi connectivity index (χ0) is 20.9. The Labute approximate surface area is 169 Å². The van der Waals surface area contributed by atoms with Crippen LogP contribution in [0, 0.1) is 11.8 Å². The van der Waals surface area contributed by atoms with Gasteiger partial charge < -0.3 is 15.2 Å². The van der Waals surface area contributed by atoms with Gasteiger partial charge in [0.15, 0.2) is 0 Å². The highest BCUT2D eigenvalue weighted by Crippen LogP contribution is 2.53. The second-order valence-electron chi connectivity index (χ2n) is 8.04. The number of benzene rings is 1. The number of aliphatic hydroxyl groups is 1. The monoisotopic (exact) mass is 401 g/mol. The number of aliphatic hydroxyl groups excluding tert-OH is 1. The first kappa shape index (κ1) is 20.0. The van der Waals surface area contributed by atoms with Crippen LogP contribution < -0.4 is 10.6 Å². The Morgan fingerprint density at radius 1 is 1.28 bits per heavy atom. The van der Waals surface area contributed by atoms with Crippen LogP contribution in [0.2, 0.25) is 0 Å². The number of anilines is 1. The van der Waals surface area contributed by atoms with E-state index in [9.17, 15) is 19.5 Å². The van der Waals surface area contributed by atoms with Crippen LogP contribution in [-0.4, -0.2) is 60.1 Å². The number of rotatable bonds is 6. The van der Waals surface area contributed by atoms with Crippen LogP contribution >= 0.6 is 0 Å². The maximum absolute atomic E-state index is 13.4. The van der Waals surface area contributed by atoms with Crippen molar-refractivity contribution in [2.24, 2.45) is 11.8 Å². The summed E-state index contributed by atoms with van der Waals surface area (Å²) in [4.78, 5) is 41.1. The number of para-hydroxylation sites is 1. The van der Waals surface area contributed by atoms with Crippen molar-refractivity contribution in [1.29, 1.82) is 0 Å². The molecule has 4 rings (SSSR count). The topological polar surface area (TPSA) is 108 Å². The Bertz CT molecular complexity index is 870. The predicted molar refractivity (Wildman–Crippen MR) is 105 cm³/mol. The third kappa shape index (κ3) is 2.66. The molecule has 1 aromatic rings. The van der Waals surface area contributed by atoms with Crippen molar-refractivity contribution in [3.8, 4) is 0 Å². The Morgan fingerprint density at radius 2 is 2.03 bits per heavy atom. The molecule has 2 fully saturated rings. The molecule has 1 aromatic carbocycles. The van der Waals surface area contributed by atoms with Gasteiger partial charge in [-0.3, -0.25) is 24.6 Å². The van der Waals surface area contributed by atoms with Crippen LogP contribution in [0.15, 0.2) is 18.2 Å². The molecular weight excluding hydrogens is 374 g/mol. The van der Waals surface area contributed by atoms with Crippen LogP contribution in [0.5, 0.6) is 0 Å². The Kier molecular flexibility index (Phi) is 4.96. The Morgan fingerprint density at radius 3 is 2.69 bits per heavy atom. The molecule has 0 radical (unpaired) electrons. The first-order valence-corrected chi connectivity index (χ1v) is 10.1. The number of nitrogens with zero attached hydrogens (tertiary/aromatic N) is 1. The third-order valence-corrected chi connectivity index (χ3v) is 6.49. The zero-order valence-electron chi connectivity index (χ0n) is 16.9. The van der Waals surface area contributed by atoms with Crippen LogP contribution in [0.4, 0.5) is 5.69 Å². The lowest BCUT2D eigenvalue weighted by molar-refractivity contribution is -0.143. The largest absolute Gasteiger partial charge is 0.392 e. The van der Waals surface area contributed by atoms with Gasteiger partial charge in [-0.25, -0.2) is 0 Å². The number of hydrogen-bond donors (Lipinski definition) is 3. The van der Waals surface area contributed by atoms with E-state index in [2.05, 4.69) is 10.6 Å². The molecule has 5 atom stereocenters. The second kappa shape index (κ2) is 7.19. The van der Waals surface area contributed by atoms with E-state index < -0.39 is 29.5 Å². The fourth-order valence-corrected chi connectivity index (χ4v) is 5.18. The molecule has 29 heavy (non-hydrogen) atoms. The third-order valence-electron chi connectivity index (χ3n) is 6.49. The first-order valence-electron chi connectivity index (χ1n) is 10.1. The maximum atomic E-state index is 13.4. The normalized spacial score (nSPS) is 31.4. The summed E-state index contributed by atoms with van der Waals surface area (Å²) >= 11 is 0. The molecular formula is C21H27N3O5. The molecule has 3 aliphatic heterocycles. The fourth-order valence-electron chi connectivity index (χ4n) is 5.18. The lowest BCUT2D eigenvalue weighted by Crippen LogP contribution is -2.54. The highest BCUT2D eigenvalue weighted by Gasteiger charge is 2.71. The second-order valence-corrected chi connectivity index (χ2v) is 8.04. The summed E-state index contributed by atoms with van der Waals surface area (Å²) < 4.78 is 5.04. The highest BCUT2D eigenvalue weighted by molar-refractivity contribution is 6.15. The van der Waals surface area contributed by atoms with E-state index in [1.165, 1.54) is 4.90 Å². The Hall–Kier alpha value is -2.29. The van der Waals surface area contributed by atoms with E-state index in [4.69, 9.17) is 4.74 Å². The number of carbonyl (C=O) groups excluding carboxylic acids is 3. The quantitative estimate of drug-likeness (QED) is 0.470. The number of hydrogen-bond acceptors (Lipinski definition) is 6. The molecule has 8 heteroatoms. The molecule has 1 spiro atoms. The smallest absolute Gasteiger partial charge is 0.250 e. The van der Waals surface area contributed by atoms with Crippen molar-refractivity contribution in [3.05, 3.63) is 29.3 Å². The zero-order valence-corrected chi connectivity index (χ0v) is 16.9. The molecule has 8 nitrogen and oxygen atoms in total. The van der Waals surface area contributed by atoms with E-state index in [0.717, 1.165) is 12.0 Å². The van der Waals surface area contributed by atoms with Gasteiger partial charge in [0.25, 0.3) is 0 Å². The molecule has 0 bridgehead atoms. The van der Waals surface area contributed by atoms with Crippen LogP contribution in [0.3, 0.4) is 0 Å². The molecule has 0 aromatic heterocycles. The summed E-state index contributed by atoms with van der Waals surface area (Å²) in [5.74, 6) is -2.71. The summed E-state index contributed by atoms with van der Waals surface area (Å²) in [5, 5.41) is 16.5. The predicted octanol–water partition coefficient (Wildman–Crippen LogP) is 0.387. The lowest BCUT2D eigenvalue weighted by Gasteiger charge is -2.30. The van der Waals surface area contributed by atoms with Gasteiger partial charge in [-0.15, -0.1) is 0 Å². The van der Waals surface area contributed by atoms with Crippen molar-refractivity contribution in [2.45, 2.75) is 44.4 Å². The number of amides is 3. The minimum atomic E-state index is -1.35. The van der Waals surface area contributed by atoms with Crippen LogP contribution in [0.25, 0.3) is 0 Å². The number of likely N-dealkylation sites (tertiary alicyclic amines) is 1. The van der Waals surface area contributed by atoms with E-state index in [1.54, 1.807) is 14.0 Å². The van der Waals surface area contributed by atoms with Crippen LogP contribution in [0.1, 0.15) is 31.4 Å². The molecule has 2 saturated heterocycles. The molecule has 0 aliphatic carbocycles. The number of ether oxygens (including phenoxy) is 1. The summed E-state index contributed by atoms with van der Waals surface area (Å²) in [6.45, 7) is 4.25. The standard InChI is InChI=1S/C21H27N3O5/c1-4-12-7-5-8-13-17(12)22-20(28)21(13)15-14(16(23-21)11(2)25)18(26)24(19(15)27)9-6-10-29-3/h5,7-8,11,14-16,23,25H,4,6,9-10H2,1-3H3,(H,22,28)/t11-,14+,15+,16-,21-/m1/s1. The Balaban J connectivity index is 1.82. The average molecular weight is 401 g/mol. The number of aryl methyl sites for hydroxylation is 1. The molecule has 0 unspecified atom stereocenters. The summed E-state index contributed by atoms with van der Waals surface area (Å²) in [7, 11) is 1.57. The molecule has 156 valence electrons. The van der Waals surface area contributed by atoms with E-state index in [0.29, 0.717) is 24.3 Å². The summed E-state index contributed by atoms with van der Waals surface area (Å²) in [6.07, 6.45) is 0.350. The van der Waals surface area contributed by atoms with Crippen molar-refractivity contribution in [2.75, 3.05) is 25.6 Å². The number of nitrogens with one attached hydrogen (secondary N) is 2. The van der Waals surface area contributed by atoms with Gasteiger partial charge in [0.05, 0.1) is 17.9 Å². The lowest BCUT2D eigenvalue weighted by atomic mass is 9.76. The van der Waals surface area contributed by atoms with Crippen LogP contribution in [-0.2, 0) is 31.1 Å². The summed E-state index contributed by atoms with van der Waals surface area (Å²) in [6, 6.07) is 4.94. The molecule has 3 N–H and O–H groups in total. The SMILES string of the molecule is CCc1cccc2c1NC(=O)[C@@]21N[C@H]([C@@H](C)O)[C@H]2C(=O)N(CCCOC)C(=O)[C@H]21. The van der Waals surface area contributed by atoms with Gasteiger partial charge in [-0.2, -0.15) is 0 Å². The minimum Gasteiger partial charge on any atom is -0.392 e. The van der Waals surface area contributed by atoms with Gasteiger partial charge in [-0.1, -0.05) is 25.1 Å². The number of imide groups is 1. The van der Waals surface area contributed by atoms with Gasteiger partial charge in [0.1, 0.15) is 5.54 Å². The molecule has 3 heterocycles. The van der Waals surface area contributed by atoms with Crippen molar-refractivity contribution in [1.82, 2.24) is 10.2 Å². The minimum absolute atomic E-state index is 0.241. The van der Waals surface area contributed by atoms with Gasteiger partial charge in [0, 0.05) is 37.6 Å². The maximum Gasteiger partial charge on any atom is 0.250 e. The van der Waals surface area contributed by atoms with E-state index in [-0.39, 0.29) is 24.3 Å². The number of carbonyl (C=O) groups is 3. The van der Waals surface area contributed by atoms with Crippen molar-refractivity contribution >= 4 is 23.4 Å². The highest BCUT2D eigenvalue weighted by atomic mass is 16.5. The van der Waals surface area contributed by atoms with E-state index in [1.807, 2.05) is 25.1 Å². The average Bonchev–Trinajstić information content (AvgIpc) is 3.28. The van der Waals surface area contributed by atoms with Gasteiger partial charge in [-0.05, 0) is 25.3 Å². The van der Waals surface area contributed by atoms with Crippen molar-refractivity contribution in [3.63, 3.8) is 0 Å². The van der Waals surface area contributed by atoms with Gasteiger partial charge in [0.2, 0.25) is 17.7 Å². The fraction of sp³-hybridized carbons (Fsp3) is 0.571. The van der Waals surface area contributed by atoms with Gasteiger partial charge >= 0.3 is 0 Å². The van der Waals surface area contributed by atoms with Crippen molar-refractivity contribution < 1.29 is 24.2 Å². The first-order chi connectivity index (χ1) is 13.9. The molecule has 3 aliphatic rings. The van der Waals surface area contributed by atoms with E-state index >= 15 is 0 Å². The number of methoxy groups -OCH3 is 1. The molecule has 0 saturated carbocycles. The molecule has 3 amide bonds.